The third-order valence-corrected chi connectivity index (χ3v) is 4.97. The highest BCUT2D eigenvalue weighted by atomic mass is 35.5. The first-order chi connectivity index (χ1) is 14.1. The average molecular weight is 406 g/mol. The summed E-state index contributed by atoms with van der Waals surface area (Å²) in [6, 6.07) is 19.1. The van der Waals surface area contributed by atoms with Gasteiger partial charge < -0.3 is 14.6 Å². The predicted molar refractivity (Wildman–Crippen MR) is 116 cm³/mol. The Morgan fingerprint density at radius 2 is 1.97 bits per heavy atom. The Labute approximate surface area is 173 Å². The van der Waals surface area contributed by atoms with Gasteiger partial charge in [-0.05, 0) is 53.6 Å². The van der Waals surface area contributed by atoms with Crippen molar-refractivity contribution in [2.24, 2.45) is 0 Å². The van der Waals surface area contributed by atoms with Crippen LogP contribution in [0.25, 0.3) is 10.9 Å². The van der Waals surface area contributed by atoms with Crippen molar-refractivity contribution in [1.82, 2.24) is 9.55 Å². The number of benzene rings is 2. The quantitative estimate of drug-likeness (QED) is 0.495. The molecular weight excluding hydrogens is 386 g/mol. The Morgan fingerprint density at radius 1 is 1.14 bits per heavy atom. The SMILES string of the molecule is COc1ccc2c(c1)c(CC(=O)Nc1ccccn1)cn2Cc1ccc(Cl)cc1. The lowest BCUT2D eigenvalue weighted by atomic mass is 10.1. The monoisotopic (exact) mass is 405 g/mol. The summed E-state index contributed by atoms with van der Waals surface area (Å²) in [4.78, 5) is 16.7. The fourth-order valence-electron chi connectivity index (χ4n) is 3.33. The number of halogens is 1. The molecule has 0 saturated heterocycles. The van der Waals surface area contributed by atoms with Gasteiger partial charge in [0.2, 0.25) is 5.91 Å². The van der Waals surface area contributed by atoms with Crippen LogP contribution in [0.1, 0.15) is 11.1 Å². The number of anilines is 1. The molecule has 2 heterocycles. The minimum atomic E-state index is -0.114. The van der Waals surface area contributed by atoms with Gasteiger partial charge in [0.05, 0.1) is 13.5 Å². The number of hydrogen-bond donors (Lipinski definition) is 1. The minimum Gasteiger partial charge on any atom is -0.497 e. The number of rotatable bonds is 6. The van der Waals surface area contributed by atoms with Crippen molar-refractivity contribution in [1.29, 1.82) is 0 Å². The summed E-state index contributed by atoms with van der Waals surface area (Å²) in [7, 11) is 1.64. The average Bonchev–Trinajstić information content (AvgIpc) is 3.06. The zero-order valence-electron chi connectivity index (χ0n) is 15.9. The molecule has 146 valence electrons. The van der Waals surface area contributed by atoms with E-state index in [1.54, 1.807) is 19.4 Å². The summed E-state index contributed by atoms with van der Waals surface area (Å²) in [6.07, 6.45) is 3.92. The number of amides is 1. The van der Waals surface area contributed by atoms with Gasteiger partial charge in [0.25, 0.3) is 0 Å². The Morgan fingerprint density at radius 3 is 2.69 bits per heavy atom. The molecule has 6 heteroatoms. The third kappa shape index (κ3) is 4.41. The maximum absolute atomic E-state index is 12.6. The molecule has 29 heavy (non-hydrogen) atoms. The molecule has 5 nitrogen and oxygen atoms in total. The first kappa shape index (κ1) is 19.0. The summed E-state index contributed by atoms with van der Waals surface area (Å²) in [5.41, 5.74) is 3.11. The highest BCUT2D eigenvalue weighted by Crippen LogP contribution is 2.27. The van der Waals surface area contributed by atoms with Crippen LogP contribution in [0.4, 0.5) is 5.82 Å². The van der Waals surface area contributed by atoms with Crippen LogP contribution in [0.2, 0.25) is 5.02 Å². The van der Waals surface area contributed by atoms with Crippen LogP contribution in [0, 0.1) is 0 Å². The zero-order valence-corrected chi connectivity index (χ0v) is 16.7. The van der Waals surface area contributed by atoms with Crippen LogP contribution in [0.3, 0.4) is 0 Å². The largest absolute Gasteiger partial charge is 0.497 e. The van der Waals surface area contributed by atoms with E-state index >= 15 is 0 Å². The Hall–Kier alpha value is -3.31. The van der Waals surface area contributed by atoms with Crippen molar-refractivity contribution >= 4 is 34.2 Å². The summed E-state index contributed by atoms with van der Waals surface area (Å²) >= 11 is 6.00. The molecule has 0 unspecified atom stereocenters. The Kier molecular flexibility index (Phi) is 5.49. The zero-order chi connectivity index (χ0) is 20.2. The van der Waals surface area contributed by atoms with Crippen molar-refractivity contribution in [3.8, 4) is 5.75 Å². The standard InChI is InChI=1S/C23H20ClN3O2/c1-29-19-9-10-21-20(13-19)17(12-23(28)26-22-4-2-3-11-25-22)15-27(21)14-16-5-7-18(24)8-6-16/h2-11,13,15H,12,14H2,1H3,(H,25,26,28). The number of carbonyl (C=O) groups excluding carboxylic acids is 1. The van der Waals surface area contributed by atoms with Crippen molar-refractivity contribution in [3.63, 3.8) is 0 Å². The fourth-order valence-corrected chi connectivity index (χ4v) is 3.46. The van der Waals surface area contributed by atoms with Gasteiger partial charge in [-0.2, -0.15) is 0 Å². The molecule has 0 radical (unpaired) electrons. The molecule has 0 spiro atoms. The van der Waals surface area contributed by atoms with Gasteiger partial charge in [0, 0.05) is 34.9 Å². The fraction of sp³-hybridized carbons (Fsp3) is 0.130. The van der Waals surface area contributed by atoms with Crippen LogP contribution in [0.15, 0.2) is 73.1 Å². The Bertz CT molecular complexity index is 1140. The number of aromatic nitrogens is 2. The lowest BCUT2D eigenvalue weighted by Crippen LogP contribution is -2.15. The first-order valence-electron chi connectivity index (χ1n) is 9.23. The molecule has 4 aromatic rings. The molecule has 0 bridgehead atoms. The maximum Gasteiger partial charge on any atom is 0.230 e. The van der Waals surface area contributed by atoms with Crippen LogP contribution in [-0.4, -0.2) is 22.6 Å². The molecular formula is C23H20ClN3O2. The van der Waals surface area contributed by atoms with Gasteiger partial charge in [-0.3, -0.25) is 4.79 Å². The van der Waals surface area contributed by atoms with E-state index in [0.29, 0.717) is 17.4 Å². The second kappa shape index (κ2) is 8.37. The summed E-state index contributed by atoms with van der Waals surface area (Å²) in [5, 5.41) is 4.55. The summed E-state index contributed by atoms with van der Waals surface area (Å²) < 4.78 is 7.52. The molecule has 4 rings (SSSR count). The highest BCUT2D eigenvalue weighted by molar-refractivity contribution is 6.30. The van der Waals surface area contributed by atoms with Crippen LogP contribution >= 0.6 is 11.6 Å². The van der Waals surface area contributed by atoms with Crippen molar-refractivity contribution in [2.45, 2.75) is 13.0 Å². The number of methoxy groups -OCH3 is 1. The molecule has 1 N–H and O–H groups in total. The molecule has 1 amide bonds. The topological polar surface area (TPSA) is 56.1 Å². The van der Waals surface area contributed by atoms with Gasteiger partial charge in [-0.25, -0.2) is 4.98 Å². The van der Waals surface area contributed by atoms with Crippen molar-refractivity contribution < 1.29 is 9.53 Å². The van der Waals surface area contributed by atoms with Crippen LogP contribution in [0.5, 0.6) is 5.75 Å². The van der Waals surface area contributed by atoms with Gasteiger partial charge in [-0.15, -0.1) is 0 Å². The van der Waals surface area contributed by atoms with E-state index in [1.165, 1.54) is 0 Å². The molecule has 0 aliphatic heterocycles. The highest BCUT2D eigenvalue weighted by Gasteiger charge is 2.14. The number of hydrogen-bond acceptors (Lipinski definition) is 3. The molecule has 0 atom stereocenters. The van der Waals surface area contributed by atoms with Crippen molar-refractivity contribution in [2.75, 3.05) is 12.4 Å². The molecule has 0 fully saturated rings. The van der Waals surface area contributed by atoms with Gasteiger partial charge in [-0.1, -0.05) is 29.8 Å². The van der Waals surface area contributed by atoms with E-state index in [-0.39, 0.29) is 12.3 Å². The Balaban J connectivity index is 1.65. The second-order valence-electron chi connectivity index (χ2n) is 6.73. The summed E-state index contributed by atoms with van der Waals surface area (Å²) in [5.74, 6) is 1.19. The van der Waals surface area contributed by atoms with E-state index in [4.69, 9.17) is 16.3 Å². The summed E-state index contributed by atoms with van der Waals surface area (Å²) in [6.45, 7) is 0.682. The molecule has 2 aromatic carbocycles. The van der Waals surface area contributed by atoms with E-state index in [2.05, 4.69) is 14.9 Å². The van der Waals surface area contributed by atoms with Crippen LogP contribution < -0.4 is 10.1 Å². The van der Waals surface area contributed by atoms with Crippen LogP contribution in [-0.2, 0) is 17.8 Å². The lowest BCUT2D eigenvalue weighted by Gasteiger charge is -2.06. The second-order valence-corrected chi connectivity index (χ2v) is 7.17. The van der Waals surface area contributed by atoms with E-state index in [1.807, 2.05) is 60.8 Å². The number of nitrogens with zero attached hydrogens (tertiary/aromatic N) is 2. The third-order valence-electron chi connectivity index (χ3n) is 4.72. The molecule has 0 saturated carbocycles. The number of fused-ring (bicyclic) bond motifs is 1. The van der Waals surface area contributed by atoms with E-state index < -0.39 is 0 Å². The van der Waals surface area contributed by atoms with Crippen molar-refractivity contribution in [3.05, 3.63) is 89.2 Å². The minimum absolute atomic E-state index is 0.114. The number of ether oxygens (including phenoxy) is 1. The smallest absolute Gasteiger partial charge is 0.230 e. The molecule has 0 aliphatic rings. The molecule has 0 aliphatic carbocycles. The van der Waals surface area contributed by atoms with E-state index in [9.17, 15) is 4.79 Å². The lowest BCUT2D eigenvalue weighted by molar-refractivity contribution is -0.115. The molecule has 2 aromatic heterocycles. The number of carbonyl (C=O) groups is 1. The van der Waals surface area contributed by atoms with Gasteiger partial charge in [0.1, 0.15) is 11.6 Å². The van der Waals surface area contributed by atoms with Gasteiger partial charge in [0.15, 0.2) is 0 Å². The van der Waals surface area contributed by atoms with Gasteiger partial charge >= 0.3 is 0 Å². The maximum atomic E-state index is 12.6. The van der Waals surface area contributed by atoms with E-state index in [0.717, 1.165) is 27.8 Å². The normalized spacial score (nSPS) is 10.8. The predicted octanol–water partition coefficient (Wildman–Crippen LogP) is 4.93. The number of nitrogens with one attached hydrogen (secondary N) is 1. The first-order valence-corrected chi connectivity index (χ1v) is 9.61. The number of pyridine rings is 1.